The predicted molar refractivity (Wildman–Crippen MR) is 67.8 cm³/mol. The molecule has 1 aromatic heterocycles. The number of rotatable bonds is 3. The van der Waals surface area contributed by atoms with E-state index in [0.717, 1.165) is 15.6 Å². The molecule has 84 valence electrons. The molecule has 4 heteroatoms. The van der Waals surface area contributed by atoms with Gasteiger partial charge in [0.15, 0.2) is 0 Å². The van der Waals surface area contributed by atoms with Crippen LogP contribution in [0.3, 0.4) is 0 Å². The molecule has 0 radical (unpaired) electrons. The molecule has 0 bridgehead atoms. The van der Waals surface area contributed by atoms with E-state index in [1.165, 1.54) is 23.5 Å². The van der Waals surface area contributed by atoms with Gasteiger partial charge in [-0.1, -0.05) is 11.6 Å². The number of anilines is 1. The van der Waals surface area contributed by atoms with Crippen LogP contribution < -0.4 is 5.32 Å². The fourth-order valence-corrected chi connectivity index (χ4v) is 2.41. The van der Waals surface area contributed by atoms with Crippen molar-refractivity contribution in [2.45, 2.75) is 13.0 Å². The van der Waals surface area contributed by atoms with E-state index in [4.69, 9.17) is 11.6 Å². The first-order chi connectivity index (χ1) is 7.65. The van der Waals surface area contributed by atoms with Crippen molar-refractivity contribution >= 4 is 28.6 Å². The quantitative estimate of drug-likeness (QED) is 0.837. The van der Waals surface area contributed by atoms with E-state index in [0.29, 0.717) is 0 Å². The van der Waals surface area contributed by atoms with Crippen LogP contribution in [0.1, 0.15) is 18.5 Å². The van der Waals surface area contributed by atoms with Gasteiger partial charge >= 0.3 is 0 Å². The van der Waals surface area contributed by atoms with Gasteiger partial charge in [0.25, 0.3) is 0 Å². The normalized spacial score (nSPS) is 12.4. The van der Waals surface area contributed by atoms with Crippen molar-refractivity contribution in [3.05, 3.63) is 51.4 Å². The molecule has 1 unspecified atom stereocenters. The smallest absolute Gasteiger partial charge is 0.123 e. The molecule has 2 rings (SSSR count). The average molecular weight is 256 g/mol. The zero-order chi connectivity index (χ0) is 11.5. The van der Waals surface area contributed by atoms with E-state index in [-0.39, 0.29) is 11.9 Å². The summed E-state index contributed by atoms with van der Waals surface area (Å²) in [6.45, 7) is 2.04. The monoisotopic (exact) mass is 255 g/mol. The molecule has 0 amide bonds. The van der Waals surface area contributed by atoms with Crippen LogP contribution in [0.2, 0.25) is 4.34 Å². The summed E-state index contributed by atoms with van der Waals surface area (Å²) in [6.07, 6.45) is 0. The van der Waals surface area contributed by atoms with E-state index in [9.17, 15) is 4.39 Å². The maximum atomic E-state index is 12.7. The third-order valence-corrected chi connectivity index (χ3v) is 3.42. The van der Waals surface area contributed by atoms with Crippen LogP contribution in [0, 0.1) is 5.82 Å². The van der Waals surface area contributed by atoms with Crippen LogP contribution in [0.25, 0.3) is 0 Å². The molecule has 1 nitrogen and oxygen atoms in total. The topological polar surface area (TPSA) is 12.0 Å². The molecule has 16 heavy (non-hydrogen) atoms. The number of halogens is 2. The molecule has 0 saturated carbocycles. The number of thiophene rings is 1. The molecule has 0 aliphatic rings. The molecule has 1 aromatic carbocycles. The fourth-order valence-electron chi connectivity index (χ4n) is 1.43. The molecular formula is C12H11ClFNS. The van der Waals surface area contributed by atoms with Gasteiger partial charge in [0, 0.05) is 11.7 Å². The average Bonchev–Trinajstić information content (AvgIpc) is 2.68. The van der Waals surface area contributed by atoms with Gasteiger partial charge in [0.1, 0.15) is 5.82 Å². The lowest BCUT2D eigenvalue weighted by atomic mass is 10.1. The molecule has 0 spiro atoms. The van der Waals surface area contributed by atoms with E-state index < -0.39 is 0 Å². The lowest BCUT2D eigenvalue weighted by Gasteiger charge is -2.13. The molecular weight excluding hydrogens is 245 g/mol. The second kappa shape index (κ2) is 4.85. The maximum Gasteiger partial charge on any atom is 0.123 e. The lowest BCUT2D eigenvalue weighted by Crippen LogP contribution is -2.05. The summed E-state index contributed by atoms with van der Waals surface area (Å²) in [6, 6.07) is 8.42. The van der Waals surface area contributed by atoms with Crippen molar-refractivity contribution in [2.24, 2.45) is 0 Å². The third kappa shape index (κ3) is 2.74. The van der Waals surface area contributed by atoms with Gasteiger partial charge in [0.2, 0.25) is 0 Å². The first kappa shape index (κ1) is 11.4. The van der Waals surface area contributed by atoms with E-state index in [2.05, 4.69) is 5.32 Å². The van der Waals surface area contributed by atoms with Crippen LogP contribution in [0.4, 0.5) is 10.1 Å². The molecule has 1 atom stereocenters. The Kier molecular flexibility index (Phi) is 3.46. The van der Waals surface area contributed by atoms with Crippen molar-refractivity contribution in [1.82, 2.24) is 0 Å². The highest BCUT2D eigenvalue weighted by molar-refractivity contribution is 7.14. The molecule has 0 saturated heterocycles. The van der Waals surface area contributed by atoms with Crippen LogP contribution in [-0.2, 0) is 0 Å². The Hall–Kier alpha value is -1.06. The number of hydrogen-bond acceptors (Lipinski definition) is 2. The van der Waals surface area contributed by atoms with Crippen LogP contribution in [0.15, 0.2) is 35.7 Å². The Labute approximate surface area is 103 Å². The molecule has 0 aliphatic carbocycles. The van der Waals surface area contributed by atoms with Crippen molar-refractivity contribution in [3.63, 3.8) is 0 Å². The zero-order valence-corrected chi connectivity index (χ0v) is 10.3. The van der Waals surface area contributed by atoms with Gasteiger partial charge in [-0.15, -0.1) is 11.3 Å². The minimum absolute atomic E-state index is 0.161. The van der Waals surface area contributed by atoms with Crippen molar-refractivity contribution in [1.29, 1.82) is 0 Å². The zero-order valence-electron chi connectivity index (χ0n) is 8.71. The molecule has 1 N–H and O–H groups in total. The first-order valence-corrected chi connectivity index (χ1v) is 6.17. The SMILES string of the molecule is CC(Nc1ccc(F)cc1)c1csc(Cl)c1. The highest BCUT2D eigenvalue weighted by Crippen LogP contribution is 2.26. The molecule has 0 fully saturated rings. The number of nitrogens with one attached hydrogen (secondary N) is 1. The third-order valence-electron chi connectivity index (χ3n) is 2.32. The van der Waals surface area contributed by atoms with Gasteiger partial charge in [-0.05, 0) is 48.2 Å². The summed E-state index contributed by atoms with van der Waals surface area (Å²) in [5.41, 5.74) is 2.04. The summed E-state index contributed by atoms with van der Waals surface area (Å²) in [7, 11) is 0. The Morgan fingerprint density at radius 2 is 2.00 bits per heavy atom. The highest BCUT2D eigenvalue weighted by Gasteiger charge is 2.07. The van der Waals surface area contributed by atoms with Crippen molar-refractivity contribution < 1.29 is 4.39 Å². The van der Waals surface area contributed by atoms with Gasteiger partial charge in [0.05, 0.1) is 4.34 Å². The van der Waals surface area contributed by atoms with Crippen molar-refractivity contribution in [2.75, 3.05) is 5.32 Å². The molecule has 1 heterocycles. The Morgan fingerprint density at radius 3 is 2.56 bits per heavy atom. The van der Waals surface area contributed by atoms with E-state index >= 15 is 0 Å². The fraction of sp³-hybridized carbons (Fsp3) is 0.167. The summed E-state index contributed by atoms with van der Waals surface area (Å²) in [5.74, 6) is -0.225. The maximum absolute atomic E-state index is 12.7. The number of hydrogen-bond donors (Lipinski definition) is 1. The van der Waals surface area contributed by atoms with Gasteiger partial charge in [-0.3, -0.25) is 0 Å². The Balaban J connectivity index is 2.07. The van der Waals surface area contributed by atoms with Crippen LogP contribution in [0.5, 0.6) is 0 Å². The Bertz CT molecular complexity index is 466. The summed E-state index contributed by atoms with van der Waals surface area (Å²) >= 11 is 7.38. The summed E-state index contributed by atoms with van der Waals surface area (Å²) in [5, 5.41) is 5.30. The summed E-state index contributed by atoms with van der Waals surface area (Å²) in [4.78, 5) is 0. The van der Waals surface area contributed by atoms with Crippen LogP contribution in [-0.4, -0.2) is 0 Å². The van der Waals surface area contributed by atoms with Gasteiger partial charge in [-0.2, -0.15) is 0 Å². The molecule has 0 aliphatic heterocycles. The van der Waals surface area contributed by atoms with Crippen LogP contribution >= 0.6 is 22.9 Å². The van der Waals surface area contributed by atoms with Crippen molar-refractivity contribution in [3.8, 4) is 0 Å². The second-order valence-electron chi connectivity index (χ2n) is 3.56. The standard InChI is InChI=1S/C12H11ClFNS/c1-8(9-6-12(13)16-7-9)15-11-4-2-10(14)3-5-11/h2-8,15H,1H3. The van der Waals surface area contributed by atoms with Gasteiger partial charge < -0.3 is 5.32 Å². The Morgan fingerprint density at radius 1 is 1.31 bits per heavy atom. The second-order valence-corrected chi connectivity index (χ2v) is 5.10. The first-order valence-electron chi connectivity index (χ1n) is 4.91. The lowest BCUT2D eigenvalue weighted by molar-refractivity contribution is 0.628. The van der Waals surface area contributed by atoms with E-state index in [1.54, 1.807) is 12.1 Å². The predicted octanol–water partition coefficient (Wildman–Crippen LogP) is 4.71. The summed E-state index contributed by atoms with van der Waals surface area (Å²) < 4.78 is 13.5. The molecule has 2 aromatic rings. The minimum Gasteiger partial charge on any atom is -0.378 e. The highest BCUT2D eigenvalue weighted by atomic mass is 35.5. The largest absolute Gasteiger partial charge is 0.378 e. The van der Waals surface area contributed by atoms with E-state index in [1.807, 2.05) is 18.4 Å². The minimum atomic E-state index is -0.225. The number of benzene rings is 1. The van der Waals surface area contributed by atoms with Gasteiger partial charge in [-0.25, -0.2) is 4.39 Å².